The van der Waals surface area contributed by atoms with Gasteiger partial charge in [0.25, 0.3) is 5.69 Å². The highest BCUT2D eigenvalue weighted by molar-refractivity contribution is 5.78. The van der Waals surface area contributed by atoms with Crippen LogP contribution in [0.15, 0.2) is 36.7 Å². The molecule has 8 nitrogen and oxygen atoms in total. The van der Waals surface area contributed by atoms with Crippen molar-refractivity contribution in [1.29, 1.82) is 5.26 Å². The lowest BCUT2D eigenvalue weighted by atomic mass is 10.0. The normalized spacial score (nSPS) is 23.8. The van der Waals surface area contributed by atoms with E-state index in [1.807, 2.05) is 4.90 Å². The van der Waals surface area contributed by atoms with Crippen molar-refractivity contribution < 1.29 is 10.0 Å². The fourth-order valence-corrected chi connectivity index (χ4v) is 3.98. The zero-order valence-electron chi connectivity index (χ0n) is 13.9. The maximum absolute atomic E-state index is 11.6. The van der Waals surface area contributed by atoms with E-state index < -0.39 is 10.5 Å². The van der Waals surface area contributed by atoms with Crippen LogP contribution in [-0.2, 0) is 0 Å². The summed E-state index contributed by atoms with van der Waals surface area (Å²) in [7, 11) is 0. The maximum atomic E-state index is 11.6. The molecule has 2 bridgehead atoms. The Morgan fingerprint density at radius 2 is 2.35 bits per heavy atom. The SMILES string of the molecule is N#Cc1ccncc1-c1ccc([N+](=O)[O-])c(N2C[C@]3(CO)C[C@H]2CN3)c1. The molecular formula is C18H17N5O3. The fourth-order valence-electron chi connectivity index (χ4n) is 3.98. The van der Waals surface area contributed by atoms with Crippen LogP contribution in [-0.4, -0.2) is 46.3 Å². The zero-order valence-corrected chi connectivity index (χ0v) is 13.9. The number of anilines is 1. The van der Waals surface area contributed by atoms with Gasteiger partial charge >= 0.3 is 0 Å². The summed E-state index contributed by atoms with van der Waals surface area (Å²) in [6.45, 7) is 1.18. The standard InChI is InChI=1S/C18H17N5O3/c19-7-13-3-4-20-9-15(13)12-1-2-16(23(25)26)17(5-12)22-10-18(11-24)6-14(22)8-21-18/h1-5,9,14,21,24H,6,8,10-11H2/t14-,18-/m0/s1. The topological polar surface area (TPSA) is 115 Å². The average molecular weight is 351 g/mol. The second-order valence-corrected chi connectivity index (χ2v) is 6.80. The van der Waals surface area contributed by atoms with Gasteiger partial charge in [-0.3, -0.25) is 15.1 Å². The van der Waals surface area contributed by atoms with Crippen LogP contribution in [0.2, 0.25) is 0 Å². The van der Waals surface area contributed by atoms with Crippen molar-refractivity contribution in [3.8, 4) is 17.2 Å². The Kier molecular flexibility index (Phi) is 3.83. The Morgan fingerprint density at radius 3 is 3.04 bits per heavy atom. The minimum Gasteiger partial charge on any atom is -0.394 e. The number of aromatic nitrogens is 1. The predicted octanol–water partition coefficient (Wildman–Crippen LogP) is 1.44. The molecule has 0 unspecified atom stereocenters. The molecule has 2 fully saturated rings. The van der Waals surface area contributed by atoms with Gasteiger partial charge in [-0.05, 0) is 30.2 Å². The number of nitrogens with one attached hydrogen (secondary N) is 1. The first kappa shape index (κ1) is 16.4. The lowest BCUT2D eigenvalue weighted by Gasteiger charge is -2.34. The molecule has 26 heavy (non-hydrogen) atoms. The van der Waals surface area contributed by atoms with Crippen molar-refractivity contribution in [3.05, 3.63) is 52.3 Å². The number of nitrogens with zero attached hydrogens (tertiary/aromatic N) is 4. The summed E-state index contributed by atoms with van der Waals surface area (Å²) < 4.78 is 0. The Balaban J connectivity index is 1.81. The fraction of sp³-hybridized carbons (Fsp3) is 0.333. The number of rotatable bonds is 4. The highest BCUT2D eigenvalue weighted by Gasteiger charge is 2.50. The molecule has 0 aliphatic carbocycles. The van der Waals surface area contributed by atoms with E-state index >= 15 is 0 Å². The number of aliphatic hydroxyl groups is 1. The van der Waals surface area contributed by atoms with E-state index in [1.54, 1.807) is 30.6 Å². The van der Waals surface area contributed by atoms with Gasteiger partial charge in [0, 0.05) is 43.2 Å². The van der Waals surface area contributed by atoms with Crippen molar-refractivity contribution in [1.82, 2.24) is 10.3 Å². The summed E-state index contributed by atoms with van der Waals surface area (Å²) in [5.74, 6) is 0. The molecule has 2 N–H and O–H groups in total. The number of nitriles is 1. The molecule has 8 heteroatoms. The van der Waals surface area contributed by atoms with Gasteiger partial charge in [-0.25, -0.2) is 0 Å². The summed E-state index contributed by atoms with van der Waals surface area (Å²) in [6.07, 6.45) is 3.89. The number of hydrogen-bond donors (Lipinski definition) is 2. The Hall–Kier alpha value is -3.02. The number of piperazine rings is 1. The van der Waals surface area contributed by atoms with Crippen LogP contribution in [0.5, 0.6) is 0 Å². The molecule has 2 atom stereocenters. The number of aliphatic hydroxyl groups excluding tert-OH is 1. The van der Waals surface area contributed by atoms with Crippen LogP contribution < -0.4 is 10.2 Å². The maximum Gasteiger partial charge on any atom is 0.292 e. The zero-order chi connectivity index (χ0) is 18.3. The third-order valence-electron chi connectivity index (χ3n) is 5.29. The van der Waals surface area contributed by atoms with E-state index in [0.717, 1.165) is 6.42 Å². The van der Waals surface area contributed by atoms with Gasteiger partial charge in [0.15, 0.2) is 0 Å². The lowest BCUT2D eigenvalue weighted by Crippen LogP contribution is -2.53. The van der Waals surface area contributed by atoms with Crippen molar-refractivity contribution in [2.45, 2.75) is 18.0 Å². The monoisotopic (exact) mass is 351 g/mol. The molecule has 2 aliphatic heterocycles. The molecule has 2 aromatic rings. The molecule has 132 valence electrons. The van der Waals surface area contributed by atoms with Crippen LogP contribution in [0.3, 0.4) is 0 Å². The smallest absolute Gasteiger partial charge is 0.292 e. The van der Waals surface area contributed by atoms with Gasteiger partial charge in [0.2, 0.25) is 0 Å². The number of nitro groups is 1. The molecule has 0 saturated carbocycles. The van der Waals surface area contributed by atoms with Crippen LogP contribution in [0.25, 0.3) is 11.1 Å². The molecule has 1 aromatic carbocycles. The summed E-state index contributed by atoms with van der Waals surface area (Å²) in [4.78, 5) is 17.2. The van der Waals surface area contributed by atoms with E-state index in [4.69, 9.17) is 0 Å². The summed E-state index contributed by atoms with van der Waals surface area (Å²) in [5.41, 5.74) is 1.96. The van der Waals surface area contributed by atoms with Crippen molar-refractivity contribution in [2.75, 3.05) is 24.6 Å². The minimum atomic E-state index is -0.402. The first-order chi connectivity index (χ1) is 12.6. The van der Waals surface area contributed by atoms with Crippen molar-refractivity contribution >= 4 is 11.4 Å². The largest absolute Gasteiger partial charge is 0.394 e. The molecular weight excluding hydrogens is 334 g/mol. The van der Waals surface area contributed by atoms with Gasteiger partial charge in [-0.15, -0.1) is 0 Å². The Morgan fingerprint density at radius 1 is 1.50 bits per heavy atom. The van der Waals surface area contributed by atoms with Gasteiger partial charge < -0.3 is 15.3 Å². The van der Waals surface area contributed by atoms with Crippen LogP contribution in [0, 0.1) is 21.4 Å². The lowest BCUT2D eigenvalue weighted by molar-refractivity contribution is -0.384. The second-order valence-electron chi connectivity index (χ2n) is 6.80. The Bertz CT molecular complexity index is 925. The average Bonchev–Trinajstić information content (AvgIpc) is 3.27. The van der Waals surface area contributed by atoms with Crippen LogP contribution in [0.1, 0.15) is 12.0 Å². The second kappa shape index (κ2) is 6.05. The number of benzene rings is 1. The van der Waals surface area contributed by atoms with Gasteiger partial charge in [0.05, 0.1) is 28.7 Å². The molecule has 0 radical (unpaired) electrons. The molecule has 0 amide bonds. The predicted molar refractivity (Wildman–Crippen MR) is 94.6 cm³/mol. The molecule has 3 heterocycles. The molecule has 2 aliphatic rings. The third kappa shape index (κ3) is 2.49. The highest BCUT2D eigenvalue weighted by atomic mass is 16.6. The summed E-state index contributed by atoms with van der Waals surface area (Å²) >= 11 is 0. The number of nitro benzene ring substituents is 1. The van der Waals surface area contributed by atoms with Crippen molar-refractivity contribution in [2.24, 2.45) is 0 Å². The number of hydrogen-bond acceptors (Lipinski definition) is 7. The molecule has 0 spiro atoms. The van der Waals surface area contributed by atoms with Crippen LogP contribution in [0.4, 0.5) is 11.4 Å². The van der Waals surface area contributed by atoms with Crippen LogP contribution >= 0.6 is 0 Å². The third-order valence-corrected chi connectivity index (χ3v) is 5.29. The van der Waals surface area contributed by atoms with E-state index in [0.29, 0.717) is 35.5 Å². The molecule has 2 saturated heterocycles. The highest BCUT2D eigenvalue weighted by Crippen LogP contribution is 2.41. The molecule has 1 aromatic heterocycles. The number of pyridine rings is 1. The summed E-state index contributed by atoms with van der Waals surface area (Å²) in [6, 6.07) is 8.73. The van der Waals surface area contributed by atoms with Gasteiger partial charge in [0.1, 0.15) is 5.69 Å². The molecule has 4 rings (SSSR count). The quantitative estimate of drug-likeness (QED) is 0.632. The first-order valence-corrected chi connectivity index (χ1v) is 8.32. The first-order valence-electron chi connectivity index (χ1n) is 8.32. The minimum absolute atomic E-state index is 0.00528. The van der Waals surface area contributed by atoms with E-state index in [2.05, 4.69) is 16.4 Å². The van der Waals surface area contributed by atoms with Gasteiger partial charge in [-0.1, -0.05) is 0 Å². The van der Waals surface area contributed by atoms with Crippen molar-refractivity contribution in [3.63, 3.8) is 0 Å². The number of fused-ring (bicyclic) bond motifs is 2. The van der Waals surface area contributed by atoms with E-state index in [1.165, 1.54) is 6.07 Å². The van der Waals surface area contributed by atoms with E-state index in [9.17, 15) is 20.5 Å². The Labute approximate surface area is 149 Å². The van der Waals surface area contributed by atoms with Gasteiger partial charge in [-0.2, -0.15) is 5.26 Å². The summed E-state index contributed by atoms with van der Waals surface area (Å²) in [5, 5.41) is 33.9. The van der Waals surface area contributed by atoms with E-state index in [-0.39, 0.29) is 18.3 Å².